The number of halogens is 1. The lowest BCUT2D eigenvalue weighted by Gasteiger charge is -2.12. The van der Waals surface area contributed by atoms with Crippen molar-refractivity contribution in [1.29, 1.82) is 0 Å². The van der Waals surface area contributed by atoms with Gasteiger partial charge in [-0.2, -0.15) is 0 Å². The fraction of sp³-hybridized carbons (Fsp3) is 0.0333. The SMILES string of the molecule is O=C(COC(=O)c1cc(-c2cccc(Br)c2)nc2ccccc12)Nc1ccccc1Sc1ccccc1. The molecule has 0 aliphatic heterocycles. The molecule has 0 radical (unpaired) electrons. The highest BCUT2D eigenvalue weighted by Gasteiger charge is 2.17. The number of pyridine rings is 1. The van der Waals surface area contributed by atoms with Gasteiger partial charge in [0.05, 0.1) is 22.5 Å². The van der Waals surface area contributed by atoms with Crippen LogP contribution in [0.2, 0.25) is 0 Å². The van der Waals surface area contributed by atoms with Crippen LogP contribution < -0.4 is 5.32 Å². The quantitative estimate of drug-likeness (QED) is 0.204. The third kappa shape index (κ3) is 6.07. The Morgan fingerprint density at radius 1 is 0.838 bits per heavy atom. The summed E-state index contributed by atoms with van der Waals surface area (Å²) < 4.78 is 6.36. The van der Waals surface area contributed by atoms with Crippen LogP contribution in [0.3, 0.4) is 0 Å². The maximum Gasteiger partial charge on any atom is 0.339 e. The maximum atomic E-state index is 13.1. The van der Waals surface area contributed by atoms with Gasteiger partial charge in [-0.3, -0.25) is 4.79 Å². The smallest absolute Gasteiger partial charge is 0.339 e. The number of aromatic nitrogens is 1. The summed E-state index contributed by atoms with van der Waals surface area (Å²) in [6.45, 7) is -0.411. The van der Waals surface area contributed by atoms with E-state index in [4.69, 9.17) is 9.72 Å². The van der Waals surface area contributed by atoms with Gasteiger partial charge in [-0.15, -0.1) is 0 Å². The standard InChI is InChI=1S/C30H21BrN2O3S/c31-21-10-8-9-20(17-21)27-18-24(23-13-4-5-14-25(23)32-27)30(35)36-19-29(34)33-26-15-6-7-16-28(26)37-22-11-2-1-3-12-22/h1-18H,19H2,(H,33,34). The molecule has 0 aliphatic rings. The minimum Gasteiger partial charge on any atom is -0.452 e. The third-order valence-corrected chi connectivity index (χ3v) is 7.10. The van der Waals surface area contributed by atoms with E-state index in [0.29, 0.717) is 27.8 Å². The van der Waals surface area contributed by atoms with Crippen LogP contribution in [0.25, 0.3) is 22.2 Å². The number of benzene rings is 4. The third-order valence-electron chi connectivity index (χ3n) is 5.52. The van der Waals surface area contributed by atoms with Gasteiger partial charge >= 0.3 is 5.97 Å². The Hall–Kier alpha value is -3.94. The molecule has 1 aromatic heterocycles. The number of hydrogen-bond donors (Lipinski definition) is 1. The lowest BCUT2D eigenvalue weighted by atomic mass is 10.0. The number of nitrogens with zero attached hydrogens (tertiary/aromatic N) is 1. The molecule has 5 nitrogen and oxygen atoms in total. The molecule has 0 saturated carbocycles. The fourth-order valence-electron chi connectivity index (χ4n) is 3.81. The highest BCUT2D eigenvalue weighted by Crippen LogP contribution is 2.33. The second-order valence-corrected chi connectivity index (χ2v) is 10.1. The van der Waals surface area contributed by atoms with Crippen LogP contribution in [-0.4, -0.2) is 23.5 Å². The summed E-state index contributed by atoms with van der Waals surface area (Å²) in [7, 11) is 0. The van der Waals surface area contributed by atoms with Crippen LogP contribution >= 0.6 is 27.7 Å². The van der Waals surface area contributed by atoms with Crippen molar-refractivity contribution in [3.63, 3.8) is 0 Å². The van der Waals surface area contributed by atoms with E-state index in [1.165, 1.54) is 0 Å². The average molecular weight is 569 g/mol. The first-order valence-corrected chi connectivity index (χ1v) is 13.1. The summed E-state index contributed by atoms with van der Waals surface area (Å²) in [5.41, 5.74) is 3.18. The summed E-state index contributed by atoms with van der Waals surface area (Å²) in [6, 6.07) is 34.2. The van der Waals surface area contributed by atoms with E-state index < -0.39 is 18.5 Å². The van der Waals surface area contributed by atoms with Crippen LogP contribution in [0.15, 0.2) is 123 Å². The first-order chi connectivity index (χ1) is 18.1. The monoisotopic (exact) mass is 568 g/mol. The maximum absolute atomic E-state index is 13.1. The van der Waals surface area contributed by atoms with Gasteiger partial charge in [0.1, 0.15) is 0 Å². The summed E-state index contributed by atoms with van der Waals surface area (Å²) in [6.07, 6.45) is 0. The zero-order valence-electron chi connectivity index (χ0n) is 19.6. The molecule has 0 aliphatic carbocycles. The Balaban J connectivity index is 1.32. The topological polar surface area (TPSA) is 68.3 Å². The summed E-state index contributed by atoms with van der Waals surface area (Å²) in [5.74, 6) is -1.00. The predicted molar refractivity (Wildman–Crippen MR) is 151 cm³/mol. The van der Waals surface area contributed by atoms with E-state index in [2.05, 4.69) is 21.2 Å². The van der Waals surface area contributed by atoms with Crippen molar-refractivity contribution in [2.45, 2.75) is 9.79 Å². The van der Waals surface area contributed by atoms with Gasteiger partial charge in [0.15, 0.2) is 6.61 Å². The van der Waals surface area contributed by atoms with Crippen LogP contribution in [0.5, 0.6) is 0 Å². The van der Waals surface area contributed by atoms with Gasteiger partial charge in [0.25, 0.3) is 5.91 Å². The van der Waals surface area contributed by atoms with Crippen LogP contribution in [0.1, 0.15) is 10.4 Å². The Morgan fingerprint density at radius 2 is 1.59 bits per heavy atom. The van der Waals surface area contributed by atoms with Crippen molar-refractivity contribution in [2.24, 2.45) is 0 Å². The number of para-hydroxylation sites is 2. The first kappa shape index (κ1) is 24.7. The van der Waals surface area contributed by atoms with E-state index in [1.54, 1.807) is 17.8 Å². The number of ether oxygens (including phenoxy) is 1. The molecule has 0 saturated heterocycles. The molecule has 1 N–H and O–H groups in total. The van der Waals surface area contributed by atoms with Crippen molar-refractivity contribution in [2.75, 3.05) is 11.9 Å². The van der Waals surface area contributed by atoms with Gasteiger partial charge in [-0.1, -0.05) is 88.4 Å². The molecule has 5 aromatic rings. The number of rotatable bonds is 7. The number of esters is 1. The van der Waals surface area contributed by atoms with Crippen LogP contribution in [0.4, 0.5) is 5.69 Å². The van der Waals surface area contributed by atoms with E-state index >= 15 is 0 Å². The molecule has 0 fully saturated rings. The van der Waals surface area contributed by atoms with Gasteiger partial charge in [-0.05, 0) is 48.5 Å². The minimum atomic E-state index is -0.586. The lowest BCUT2D eigenvalue weighted by Crippen LogP contribution is -2.21. The van der Waals surface area contributed by atoms with Gasteiger partial charge in [0.2, 0.25) is 0 Å². The number of carbonyl (C=O) groups is 2. The molecular weight excluding hydrogens is 548 g/mol. The number of nitrogens with one attached hydrogen (secondary N) is 1. The molecule has 5 rings (SSSR count). The van der Waals surface area contributed by atoms with E-state index in [9.17, 15) is 9.59 Å². The molecule has 0 spiro atoms. The van der Waals surface area contributed by atoms with E-state index in [1.807, 2.05) is 103 Å². The number of fused-ring (bicyclic) bond motifs is 1. The highest BCUT2D eigenvalue weighted by atomic mass is 79.9. The Labute approximate surface area is 227 Å². The molecule has 37 heavy (non-hydrogen) atoms. The second kappa shape index (κ2) is 11.4. The Kier molecular flexibility index (Phi) is 7.63. The zero-order chi connectivity index (χ0) is 25.6. The number of hydrogen-bond acceptors (Lipinski definition) is 5. The molecule has 0 unspecified atom stereocenters. The highest BCUT2D eigenvalue weighted by molar-refractivity contribution is 9.10. The van der Waals surface area contributed by atoms with Crippen molar-refractivity contribution in [3.05, 3.63) is 119 Å². The molecule has 182 valence electrons. The normalized spacial score (nSPS) is 10.7. The van der Waals surface area contributed by atoms with Crippen LogP contribution in [-0.2, 0) is 9.53 Å². The molecular formula is C30H21BrN2O3S. The minimum absolute atomic E-state index is 0.355. The molecule has 7 heteroatoms. The van der Waals surface area contributed by atoms with Crippen LogP contribution in [0, 0.1) is 0 Å². The van der Waals surface area contributed by atoms with E-state index in [-0.39, 0.29) is 0 Å². The fourth-order valence-corrected chi connectivity index (χ4v) is 5.13. The summed E-state index contributed by atoms with van der Waals surface area (Å²) in [4.78, 5) is 32.5. The van der Waals surface area contributed by atoms with Crippen molar-refractivity contribution in [3.8, 4) is 11.3 Å². The number of anilines is 1. The van der Waals surface area contributed by atoms with Crippen molar-refractivity contribution >= 4 is 56.2 Å². The molecule has 1 amide bonds. The average Bonchev–Trinajstić information content (AvgIpc) is 2.93. The zero-order valence-corrected chi connectivity index (χ0v) is 22.0. The summed E-state index contributed by atoms with van der Waals surface area (Å²) in [5, 5.41) is 3.53. The molecule has 0 bridgehead atoms. The van der Waals surface area contributed by atoms with Crippen molar-refractivity contribution in [1.82, 2.24) is 4.98 Å². The Bertz CT molecular complexity index is 1590. The van der Waals surface area contributed by atoms with Gasteiger partial charge < -0.3 is 10.1 Å². The van der Waals surface area contributed by atoms with Gasteiger partial charge in [-0.25, -0.2) is 9.78 Å². The molecule has 0 atom stereocenters. The first-order valence-electron chi connectivity index (χ1n) is 11.5. The van der Waals surface area contributed by atoms with Gasteiger partial charge in [0, 0.05) is 25.2 Å². The lowest BCUT2D eigenvalue weighted by molar-refractivity contribution is -0.119. The summed E-state index contributed by atoms with van der Waals surface area (Å²) >= 11 is 5.03. The van der Waals surface area contributed by atoms with E-state index in [0.717, 1.165) is 19.8 Å². The number of carbonyl (C=O) groups excluding carboxylic acids is 2. The molecule has 1 heterocycles. The second-order valence-electron chi connectivity index (χ2n) is 8.12. The largest absolute Gasteiger partial charge is 0.452 e. The van der Waals surface area contributed by atoms with Crippen molar-refractivity contribution < 1.29 is 14.3 Å². The Morgan fingerprint density at radius 3 is 2.43 bits per heavy atom. The predicted octanol–water partition coefficient (Wildman–Crippen LogP) is 7.61. The molecule has 4 aromatic carbocycles. The number of amides is 1.